The summed E-state index contributed by atoms with van der Waals surface area (Å²) in [5.74, 6) is -0.671. The summed E-state index contributed by atoms with van der Waals surface area (Å²) in [5, 5.41) is 10.1. The number of hydrogen-bond donors (Lipinski definition) is 1. The van der Waals surface area contributed by atoms with E-state index in [2.05, 4.69) is 0 Å². The second-order valence-corrected chi connectivity index (χ2v) is 9.58. The van der Waals surface area contributed by atoms with Gasteiger partial charge in [-0.2, -0.15) is 0 Å². The summed E-state index contributed by atoms with van der Waals surface area (Å²) in [5.41, 5.74) is 0.356. The molecule has 0 unspecified atom stereocenters. The molecule has 9 heteroatoms. The highest BCUT2D eigenvalue weighted by atomic mass is 35.5. The van der Waals surface area contributed by atoms with Crippen LogP contribution in [-0.2, 0) is 10.0 Å². The topological polar surface area (TPSA) is 87.2 Å². The maximum absolute atomic E-state index is 13.0. The van der Waals surface area contributed by atoms with Gasteiger partial charge in [0.05, 0.1) is 11.3 Å². The van der Waals surface area contributed by atoms with Crippen molar-refractivity contribution in [3.63, 3.8) is 0 Å². The van der Waals surface area contributed by atoms with Crippen LogP contribution in [0, 0.1) is 0 Å². The number of halogens is 1. The smallest absolute Gasteiger partial charge is 0.335 e. The van der Waals surface area contributed by atoms with E-state index in [0.717, 1.165) is 29.6 Å². The van der Waals surface area contributed by atoms with Crippen LogP contribution < -0.4 is 9.64 Å². The number of anilines is 1. The summed E-state index contributed by atoms with van der Waals surface area (Å²) < 4.78 is 33.1. The van der Waals surface area contributed by atoms with Crippen LogP contribution in [0.1, 0.15) is 29.6 Å². The third-order valence-electron chi connectivity index (χ3n) is 4.77. The number of carbonyl (C=O) groups is 1. The lowest BCUT2D eigenvalue weighted by atomic mass is 10.1. The Hall–Kier alpha value is -2.29. The van der Waals surface area contributed by atoms with E-state index in [-0.39, 0.29) is 16.2 Å². The highest BCUT2D eigenvalue weighted by molar-refractivity contribution is 7.89. The standard InChI is InChI=1S/C20H23ClN2O5S/c1-22(2)29(26,27)18-13-14(20(24)25)12-17(23-10-4-3-5-11-23)19(18)28-16-8-6-15(21)7-9-16/h6-9,12-13H,3-5,10-11H2,1-2H3,(H,24,25). The molecule has 0 spiro atoms. The van der Waals surface area contributed by atoms with Crippen molar-refractivity contribution in [1.29, 1.82) is 0 Å². The largest absolute Gasteiger partial charge is 0.478 e. The van der Waals surface area contributed by atoms with Gasteiger partial charge in [-0.25, -0.2) is 17.5 Å². The molecule has 29 heavy (non-hydrogen) atoms. The fourth-order valence-electron chi connectivity index (χ4n) is 3.19. The minimum atomic E-state index is -3.96. The van der Waals surface area contributed by atoms with E-state index >= 15 is 0 Å². The molecule has 0 saturated carbocycles. The van der Waals surface area contributed by atoms with Crippen LogP contribution in [0.2, 0.25) is 5.02 Å². The molecular formula is C20H23ClN2O5S. The second kappa shape index (κ2) is 8.61. The lowest BCUT2D eigenvalue weighted by Crippen LogP contribution is -2.31. The maximum atomic E-state index is 13.0. The highest BCUT2D eigenvalue weighted by Gasteiger charge is 2.30. The van der Waals surface area contributed by atoms with E-state index < -0.39 is 16.0 Å². The zero-order valence-corrected chi connectivity index (χ0v) is 17.8. The van der Waals surface area contributed by atoms with Gasteiger partial charge < -0.3 is 14.7 Å². The van der Waals surface area contributed by atoms with Crippen LogP contribution in [-0.4, -0.2) is 51.0 Å². The summed E-state index contributed by atoms with van der Waals surface area (Å²) in [6.07, 6.45) is 2.95. The summed E-state index contributed by atoms with van der Waals surface area (Å²) in [6, 6.07) is 9.19. The van der Waals surface area contributed by atoms with Gasteiger partial charge in [-0.05, 0) is 55.7 Å². The Labute approximate surface area is 175 Å². The zero-order chi connectivity index (χ0) is 21.2. The molecule has 1 aliphatic rings. The number of sulfonamides is 1. The van der Waals surface area contributed by atoms with Gasteiger partial charge in [0.25, 0.3) is 0 Å². The first-order valence-corrected chi connectivity index (χ1v) is 11.0. The number of ether oxygens (including phenoxy) is 1. The first-order valence-electron chi connectivity index (χ1n) is 9.22. The quantitative estimate of drug-likeness (QED) is 0.731. The molecule has 0 amide bonds. The number of piperidine rings is 1. The Morgan fingerprint density at radius 3 is 2.28 bits per heavy atom. The van der Waals surface area contributed by atoms with Gasteiger partial charge in [0.15, 0.2) is 5.75 Å². The molecule has 1 saturated heterocycles. The van der Waals surface area contributed by atoms with Crippen molar-refractivity contribution in [1.82, 2.24) is 4.31 Å². The van der Waals surface area contributed by atoms with Gasteiger partial charge in [-0.1, -0.05) is 11.6 Å². The number of carboxylic acid groups (broad SMARTS) is 1. The monoisotopic (exact) mass is 438 g/mol. The van der Waals surface area contributed by atoms with Gasteiger partial charge in [0.1, 0.15) is 10.6 Å². The Bertz CT molecular complexity index is 1000. The Morgan fingerprint density at radius 2 is 1.72 bits per heavy atom. The molecule has 7 nitrogen and oxygen atoms in total. The third-order valence-corrected chi connectivity index (χ3v) is 6.84. The van der Waals surface area contributed by atoms with Gasteiger partial charge in [-0.15, -0.1) is 0 Å². The number of nitrogens with zero attached hydrogens (tertiary/aromatic N) is 2. The van der Waals surface area contributed by atoms with Crippen molar-refractivity contribution in [2.45, 2.75) is 24.2 Å². The maximum Gasteiger partial charge on any atom is 0.335 e. The molecule has 1 fully saturated rings. The van der Waals surface area contributed by atoms with Crippen LogP contribution in [0.25, 0.3) is 0 Å². The van der Waals surface area contributed by atoms with E-state index in [9.17, 15) is 18.3 Å². The van der Waals surface area contributed by atoms with Gasteiger partial charge >= 0.3 is 5.97 Å². The number of hydrogen-bond acceptors (Lipinski definition) is 5. The van der Waals surface area contributed by atoms with E-state index in [1.807, 2.05) is 4.90 Å². The molecule has 1 N–H and O–H groups in total. The predicted molar refractivity (Wildman–Crippen MR) is 112 cm³/mol. The predicted octanol–water partition coefficient (Wildman–Crippen LogP) is 4.07. The first kappa shape index (κ1) is 21.4. The molecule has 1 aliphatic heterocycles. The number of benzene rings is 2. The Balaban J connectivity index is 2.24. The number of aromatic carboxylic acids is 1. The van der Waals surface area contributed by atoms with Crippen molar-refractivity contribution in [3.8, 4) is 11.5 Å². The van der Waals surface area contributed by atoms with E-state index in [4.69, 9.17) is 16.3 Å². The fourth-order valence-corrected chi connectivity index (χ4v) is 4.37. The molecule has 0 bridgehead atoms. The molecule has 0 radical (unpaired) electrons. The van der Waals surface area contributed by atoms with E-state index in [1.165, 1.54) is 20.2 Å². The summed E-state index contributed by atoms with van der Waals surface area (Å²) in [6.45, 7) is 1.39. The first-order chi connectivity index (χ1) is 13.7. The minimum absolute atomic E-state index is 0.102. The van der Waals surface area contributed by atoms with Crippen molar-refractivity contribution in [3.05, 3.63) is 47.0 Å². The summed E-state index contributed by atoms with van der Waals surface area (Å²) in [4.78, 5) is 13.5. The van der Waals surface area contributed by atoms with Crippen molar-refractivity contribution < 1.29 is 23.1 Å². The molecule has 0 atom stereocenters. The van der Waals surface area contributed by atoms with Crippen LogP contribution in [0.5, 0.6) is 11.5 Å². The van der Waals surface area contributed by atoms with Crippen LogP contribution in [0.15, 0.2) is 41.3 Å². The van der Waals surface area contributed by atoms with Crippen LogP contribution in [0.4, 0.5) is 5.69 Å². The van der Waals surface area contributed by atoms with Gasteiger partial charge in [0.2, 0.25) is 10.0 Å². The lowest BCUT2D eigenvalue weighted by molar-refractivity contribution is 0.0696. The summed E-state index contributed by atoms with van der Waals surface area (Å²) >= 11 is 5.94. The molecule has 3 rings (SSSR count). The second-order valence-electron chi connectivity index (χ2n) is 7.02. The van der Waals surface area contributed by atoms with Crippen molar-refractivity contribution >= 4 is 33.3 Å². The molecule has 2 aromatic carbocycles. The molecule has 2 aromatic rings. The highest BCUT2D eigenvalue weighted by Crippen LogP contribution is 2.41. The lowest BCUT2D eigenvalue weighted by Gasteiger charge is -2.31. The Kier molecular flexibility index (Phi) is 6.36. The average molecular weight is 439 g/mol. The third kappa shape index (κ3) is 4.66. The van der Waals surface area contributed by atoms with Crippen LogP contribution >= 0.6 is 11.6 Å². The Morgan fingerprint density at radius 1 is 1.10 bits per heavy atom. The SMILES string of the molecule is CN(C)S(=O)(=O)c1cc(C(=O)O)cc(N2CCCCC2)c1Oc1ccc(Cl)cc1. The van der Waals surface area contributed by atoms with Crippen molar-refractivity contribution in [2.75, 3.05) is 32.1 Å². The molecular weight excluding hydrogens is 416 g/mol. The van der Waals surface area contributed by atoms with E-state index in [0.29, 0.717) is 29.5 Å². The molecule has 1 heterocycles. The average Bonchev–Trinajstić information content (AvgIpc) is 2.70. The van der Waals surface area contributed by atoms with Gasteiger partial charge in [0, 0.05) is 32.2 Å². The van der Waals surface area contributed by atoms with Crippen LogP contribution in [0.3, 0.4) is 0 Å². The normalized spacial score (nSPS) is 14.8. The zero-order valence-electron chi connectivity index (χ0n) is 16.3. The molecule has 0 aromatic heterocycles. The van der Waals surface area contributed by atoms with Gasteiger partial charge in [-0.3, -0.25) is 0 Å². The number of carboxylic acids is 1. The summed E-state index contributed by atoms with van der Waals surface area (Å²) in [7, 11) is -1.16. The fraction of sp³-hybridized carbons (Fsp3) is 0.350. The minimum Gasteiger partial charge on any atom is -0.478 e. The van der Waals surface area contributed by atoms with Crippen molar-refractivity contribution in [2.24, 2.45) is 0 Å². The van der Waals surface area contributed by atoms with E-state index in [1.54, 1.807) is 24.3 Å². The number of rotatable bonds is 6. The molecule has 0 aliphatic carbocycles. The molecule has 156 valence electrons.